The number of aromatic nitrogens is 1. The number of nitriles is 1. The summed E-state index contributed by atoms with van der Waals surface area (Å²) < 4.78 is 24.5. The molecule has 7 nitrogen and oxygen atoms in total. The number of anilines is 1. The van der Waals surface area contributed by atoms with Crippen LogP contribution in [0.25, 0.3) is 0 Å². The van der Waals surface area contributed by atoms with Gasteiger partial charge in [0, 0.05) is 11.9 Å². The minimum Gasteiger partial charge on any atom is -0.478 e. The lowest BCUT2D eigenvalue weighted by atomic mass is 10.2. The summed E-state index contributed by atoms with van der Waals surface area (Å²) in [5.74, 6) is -1.97. The number of hydrogen-bond donors (Lipinski definition) is 3. The zero-order valence-corrected chi connectivity index (χ0v) is 9.13. The lowest BCUT2D eigenvalue weighted by molar-refractivity contribution is 0.0697. The molecule has 0 aliphatic carbocycles. The summed E-state index contributed by atoms with van der Waals surface area (Å²) in [6, 6.07) is 1.48. The first kappa shape index (κ1) is 12.1. The van der Waals surface area contributed by atoms with Crippen LogP contribution in [0.3, 0.4) is 0 Å². The van der Waals surface area contributed by atoms with Crippen LogP contribution in [0.2, 0.25) is 0 Å². The summed E-state index contributed by atoms with van der Waals surface area (Å²) in [4.78, 5) is 13.4. The summed E-state index contributed by atoms with van der Waals surface area (Å²) in [5.41, 5.74) is 0.115. The molecule has 8 heteroatoms. The van der Waals surface area contributed by atoms with Crippen molar-refractivity contribution in [1.29, 1.82) is 5.26 Å². The normalized spacial score (nSPS) is 10.8. The van der Waals surface area contributed by atoms with Crippen molar-refractivity contribution in [3.8, 4) is 6.07 Å². The summed E-state index contributed by atoms with van der Waals surface area (Å²) in [6.07, 6.45) is 1.23. The van der Waals surface area contributed by atoms with Crippen molar-refractivity contribution in [1.82, 2.24) is 4.98 Å². The fourth-order valence-electron chi connectivity index (χ4n) is 1.17. The maximum atomic E-state index is 11.2. The van der Waals surface area contributed by atoms with E-state index in [9.17, 15) is 13.2 Å². The van der Waals surface area contributed by atoms with Crippen molar-refractivity contribution in [2.45, 2.75) is 6.92 Å². The number of aryl methyl sites for hydroxylation is 1. The summed E-state index contributed by atoms with van der Waals surface area (Å²) >= 11 is 0. The third kappa shape index (κ3) is 2.52. The molecule has 0 amide bonds. The Kier molecular flexibility index (Phi) is 3.20. The number of rotatable bonds is 4. The van der Waals surface area contributed by atoms with Gasteiger partial charge in [-0.1, -0.05) is 0 Å². The van der Waals surface area contributed by atoms with E-state index in [1.807, 2.05) is 4.72 Å². The maximum absolute atomic E-state index is 11.2. The van der Waals surface area contributed by atoms with Crippen LogP contribution in [0.4, 0.5) is 5.69 Å². The fraction of sp³-hybridized carbons (Fsp3) is 0.250. The van der Waals surface area contributed by atoms with Gasteiger partial charge in [0.1, 0.15) is 5.56 Å². The number of carboxylic acid groups (broad SMARTS) is 1. The van der Waals surface area contributed by atoms with Crippen LogP contribution in [-0.2, 0) is 10.0 Å². The van der Waals surface area contributed by atoms with Crippen molar-refractivity contribution in [3.05, 3.63) is 17.5 Å². The van der Waals surface area contributed by atoms with E-state index in [0.717, 1.165) is 0 Å². The molecular weight excluding hydrogens is 234 g/mol. The highest BCUT2D eigenvalue weighted by Gasteiger charge is 2.19. The zero-order chi connectivity index (χ0) is 12.3. The second-order valence-electron chi connectivity index (χ2n) is 3.03. The molecule has 1 rings (SSSR count). The largest absolute Gasteiger partial charge is 0.478 e. The van der Waals surface area contributed by atoms with E-state index in [4.69, 9.17) is 10.4 Å². The van der Waals surface area contributed by atoms with Crippen molar-refractivity contribution in [3.63, 3.8) is 0 Å². The highest BCUT2D eigenvalue weighted by molar-refractivity contribution is 7.92. The van der Waals surface area contributed by atoms with Gasteiger partial charge in [-0.05, 0) is 6.92 Å². The number of hydrogen-bond acceptors (Lipinski definition) is 4. The second-order valence-corrected chi connectivity index (χ2v) is 4.75. The molecule has 0 bridgehead atoms. The van der Waals surface area contributed by atoms with Gasteiger partial charge in [0.2, 0.25) is 10.0 Å². The van der Waals surface area contributed by atoms with E-state index in [1.165, 1.54) is 19.2 Å². The molecule has 1 heterocycles. The Morgan fingerprint density at radius 1 is 1.69 bits per heavy atom. The quantitative estimate of drug-likeness (QED) is 0.701. The molecule has 0 saturated carbocycles. The number of sulfonamides is 1. The van der Waals surface area contributed by atoms with Gasteiger partial charge in [0.25, 0.3) is 0 Å². The topological polar surface area (TPSA) is 123 Å². The molecule has 0 aliphatic heterocycles. The van der Waals surface area contributed by atoms with E-state index in [1.54, 1.807) is 0 Å². The molecule has 1 aromatic rings. The second kappa shape index (κ2) is 4.24. The Balaban J connectivity index is 3.09. The Morgan fingerprint density at radius 3 is 2.81 bits per heavy atom. The summed E-state index contributed by atoms with van der Waals surface area (Å²) in [7, 11) is -3.82. The van der Waals surface area contributed by atoms with Gasteiger partial charge in [-0.2, -0.15) is 5.26 Å². The van der Waals surface area contributed by atoms with Crippen LogP contribution in [0.5, 0.6) is 0 Å². The molecule has 0 aromatic carbocycles. The lowest BCUT2D eigenvalue weighted by Gasteiger charge is -2.03. The van der Waals surface area contributed by atoms with Gasteiger partial charge in [0.05, 0.1) is 11.8 Å². The number of aromatic amines is 1. The molecule has 0 spiro atoms. The number of aromatic carboxylic acids is 1. The van der Waals surface area contributed by atoms with Gasteiger partial charge in [-0.3, -0.25) is 4.72 Å². The SMILES string of the molecule is Cc1[nH]cc(NS(=O)(=O)CC#N)c1C(=O)O. The molecule has 0 saturated heterocycles. The van der Waals surface area contributed by atoms with Crippen molar-refractivity contribution >= 4 is 21.7 Å². The van der Waals surface area contributed by atoms with Gasteiger partial charge >= 0.3 is 5.97 Å². The predicted molar refractivity (Wildman–Crippen MR) is 55.5 cm³/mol. The number of nitrogens with zero attached hydrogens (tertiary/aromatic N) is 1. The minimum atomic E-state index is -3.82. The van der Waals surface area contributed by atoms with Crippen LogP contribution in [-0.4, -0.2) is 30.2 Å². The number of carbonyl (C=O) groups is 1. The summed E-state index contributed by atoms with van der Waals surface area (Å²) in [6.45, 7) is 1.51. The van der Waals surface area contributed by atoms with E-state index >= 15 is 0 Å². The molecule has 3 N–H and O–H groups in total. The van der Waals surface area contributed by atoms with E-state index in [0.29, 0.717) is 5.69 Å². The van der Waals surface area contributed by atoms with Gasteiger partial charge < -0.3 is 10.1 Å². The van der Waals surface area contributed by atoms with Gasteiger partial charge in [0.15, 0.2) is 5.75 Å². The van der Waals surface area contributed by atoms with Gasteiger partial charge in [-0.15, -0.1) is 0 Å². The number of H-pyrrole nitrogens is 1. The smallest absolute Gasteiger partial charge is 0.339 e. The molecule has 86 valence electrons. The van der Waals surface area contributed by atoms with E-state index in [2.05, 4.69) is 4.98 Å². The molecule has 0 atom stereocenters. The zero-order valence-electron chi connectivity index (χ0n) is 8.31. The first-order valence-corrected chi connectivity index (χ1v) is 5.81. The Morgan fingerprint density at radius 2 is 2.31 bits per heavy atom. The van der Waals surface area contributed by atoms with E-state index in [-0.39, 0.29) is 11.3 Å². The summed E-state index contributed by atoms with van der Waals surface area (Å²) in [5, 5.41) is 17.1. The van der Waals surface area contributed by atoms with Crippen molar-refractivity contribution < 1.29 is 18.3 Å². The monoisotopic (exact) mass is 243 g/mol. The average molecular weight is 243 g/mol. The van der Waals surface area contributed by atoms with Crippen molar-refractivity contribution in [2.24, 2.45) is 0 Å². The molecule has 0 aliphatic rings. The average Bonchev–Trinajstić information content (AvgIpc) is 2.45. The third-order valence-electron chi connectivity index (χ3n) is 1.81. The van der Waals surface area contributed by atoms with Crippen LogP contribution in [0.1, 0.15) is 16.1 Å². The number of carboxylic acids is 1. The van der Waals surface area contributed by atoms with Crippen LogP contribution in [0, 0.1) is 18.3 Å². The van der Waals surface area contributed by atoms with Crippen LogP contribution >= 0.6 is 0 Å². The molecule has 0 unspecified atom stereocenters. The standard InChI is InChI=1S/C8H9N3O4S/c1-5-7(8(12)13)6(4-10-5)11-16(14,15)3-2-9/h4,10-11H,3H2,1H3,(H,12,13). The molecule has 0 fully saturated rings. The predicted octanol–water partition coefficient (Wildman–Crippen LogP) is 0.287. The molecule has 1 aromatic heterocycles. The first-order valence-electron chi connectivity index (χ1n) is 4.16. The molecule has 0 radical (unpaired) electrons. The third-order valence-corrected chi connectivity index (χ3v) is 2.85. The number of nitrogens with one attached hydrogen (secondary N) is 2. The lowest BCUT2D eigenvalue weighted by Crippen LogP contribution is -2.17. The van der Waals surface area contributed by atoms with Crippen LogP contribution in [0.15, 0.2) is 6.20 Å². The highest BCUT2D eigenvalue weighted by atomic mass is 32.2. The van der Waals surface area contributed by atoms with E-state index < -0.39 is 21.7 Å². The Labute approximate surface area is 91.8 Å². The highest BCUT2D eigenvalue weighted by Crippen LogP contribution is 2.20. The first-order chi connectivity index (χ1) is 7.37. The fourth-order valence-corrected chi connectivity index (χ4v) is 1.91. The van der Waals surface area contributed by atoms with Crippen LogP contribution < -0.4 is 4.72 Å². The Bertz CT molecular complexity index is 552. The molecule has 16 heavy (non-hydrogen) atoms. The van der Waals surface area contributed by atoms with Crippen molar-refractivity contribution in [2.75, 3.05) is 10.5 Å². The Hall–Kier alpha value is -2.01. The van der Waals surface area contributed by atoms with Gasteiger partial charge in [-0.25, -0.2) is 13.2 Å². The minimum absolute atomic E-state index is 0.0692. The maximum Gasteiger partial charge on any atom is 0.339 e. The molecular formula is C8H9N3O4S.